The Morgan fingerprint density at radius 1 is 1.28 bits per heavy atom. The number of nitrogens with one attached hydrogen (secondary N) is 1. The fourth-order valence-corrected chi connectivity index (χ4v) is 4.41. The van der Waals surface area contributed by atoms with Gasteiger partial charge in [0.25, 0.3) is 10.9 Å². The van der Waals surface area contributed by atoms with E-state index in [2.05, 4.69) is 5.32 Å². The first kappa shape index (κ1) is 19.3. The molecule has 3 aromatic rings. The first-order valence-electron chi connectivity index (χ1n) is 8.93. The zero-order valence-corrected chi connectivity index (χ0v) is 16.9. The quantitative estimate of drug-likeness (QED) is 0.409. The van der Waals surface area contributed by atoms with Crippen LogP contribution in [-0.4, -0.2) is 22.1 Å². The van der Waals surface area contributed by atoms with Crippen LogP contribution in [0.15, 0.2) is 33.2 Å². The third-order valence-electron chi connectivity index (χ3n) is 5.07. The van der Waals surface area contributed by atoms with E-state index in [0.29, 0.717) is 29.3 Å². The second-order valence-corrected chi connectivity index (χ2v) is 8.42. The van der Waals surface area contributed by atoms with E-state index in [1.807, 2.05) is 23.1 Å². The van der Waals surface area contributed by atoms with E-state index in [1.165, 1.54) is 26.8 Å². The van der Waals surface area contributed by atoms with E-state index in [-0.39, 0.29) is 24.0 Å². The normalized spacial score (nSPS) is 13.4. The molecule has 0 unspecified atom stereocenters. The number of anilines is 2. The monoisotopic (exact) mass is 430 g/mol. The highest BCUT2D eigenvalue weighted by atomic mass is 32.1. The van der Waals surface area contributed by atoms with Crippen LogP contribution in [0.1, 0.15) is 16.7 Å². The van der Waals surface area contributed by atoms with E-state index >= 15 is 0 Å². The molecule has 0 radical (unpaired) electrons. The zero-order valence-electron chi connectivity index (χ0n) is 15.3. The number of hydrogen-bond acceptors (Lipinski definition) is 8. The second-order valence-electron chi connectivity index (χ2n) is 6.92. The second kappa shape index (κ2) is 7.45. The van der Waals surface area contributed by atoms with Gasteiger partial charge in [-0.25, -0.2) is 0 Å². The molecule has 0 saturated heterocycles. The number of nitrogens with two attached hydrogens (primary N) is 1. The van der Waals surface area contributed by atoms with Gasteiger partial charge in [-0.15, -0.1) is 11.3 Å². The molecule has 8 nitrogen and oxygen atoms in total. The summed E-state index contributed by atoms with van der Waals surface area (Å²) in [7, 11) is 0. The maximum absolute atomic E-state index is 12.2. The molecule has 1 aromatic heterocycles. The lowest BCUT2D eigenvalue weighted by Crippen LogP contribution is -2.44. The largest absolute Gasteiger partial charge is 0.494 e. The number of aromatic nitrogens is 1. The van der Waals surface area contributed by atoms with Crippen molar-refractivity contribution in [3.63, 3.8) is 0 Å². The van der Waals surface area contributed by atoms with Crippen LogP contribution < -0.4 is 26.8 Å². The van der Waals surface area contributed by atoms with Gasteiger partial charge in [0.1, 0.15) is 17.9 Å². The van der Waals surface area contributed by atoms with Gasteiger partial charge in [-0.2, -0.15) is 0 Å². The molecule has 29 heavy (non-hydrogen) atoms. The fraction of sp³-hybridized carbons (Fsp3) is 0.263. The predicted octanol–water partition coefficient (Wildman–Crippen LogP) is 1.04. The van der Waals surface area contributed by atoms with Crippen molar-refractivity contribution >= 4 is 40.8 Å². The molecule has 1 aliphatic rings. The smallest absolute Gasteiger partial charge is 0.253 e. The Morgan fingerprint density at radius 3 is 2.76 bits per heavy atom. The molecule has 0 atom stereocenters. The summed E-state index contributed by atoms with van der Waals surface area (Å²) in [6.07, 6.45) is 0.746. The van der Waals surface area contributed by atoms with Crippen LogP contribution in [0.25, 0.3) is 0 Å². The molecule has 2 aromatic carbocycles. The maximum Gasteiger partial charge on any atom is 0.253 e. The number of aromatic hydroxyl groups is 1. The lowest BCUT2D eigenvalue weighted by molar-refractivity contribution is -0.121. The summed E-state index contributed by atoms with van der Waals surface area (Å²) in [5, 5.41) is 14.0. The molecular formula is C19H18N4O4S2. The van der Waals surface area contributed by atoms with Crippen LogP contribution in [0.5, 0.6) is 5.88 Å². The molecule has 0 aliphatic carbocycles. The third kappa shape index (κ3) is 3.56. The Bertz CT molecular complexity index is 1240. The molecule has 10 heteroatoms. The Hall–Kier alpha value is -2.98. The number of amides is 1. The number of hydrogen-bond donors (Lipinski definition) is 3. The minimum Gasteiger partial charge on any atom is -0.494 e. The van der Waals surface area contributed by atoms with Gasteiger partial charge in [0.05, 0.1) is 5.38 Å². The Kier molecular flexibility index (Phi) is 4.97. The molecule has 2 heterocycles. The molecule has 1 amide bonds. The van der Waals surface area contributed by atoms with Crippen molar-refractivity contribution in [2.24, 2.45) is 0 Å². The number of carbonyl (C=O) groups excluding carboxylic acids is 1. The van der Waals surface area contributed by atoms with E-state index in [1.54, 1.807) is 0 Å². The summed E-state index contributed by atoms with van der Waals surface area (Å²) in [6.45, 7) is 1.40. The highest BCUT2D eigenvalue weighted by Gasteiger charge is 2.26. The van der Waals surface area contributed by atoms with E-state index in [9.17, 15) is 19.5 Å². The van der Waals surface area contributed by atoms with Crippen molar-refractivity contribution in [1.82, 2.24) is 9.88 Å². The van der Waals surface area contributed by atoms with Crippen LogP contribution in [0.2, 0.25) is 0 Å². The van der Waals surface area contributed by atoms with Gasteiger partial charge < -0.3 is 21.1 Å². The van der Waals surface area contributed by atoms with Gasteiger partial charge in [0, 0.05) is 19.6 Å². The number of carbonyl (C=O) groups is 1. The molecule has 0 saturated carbocycles. The third-order valence-corrected chi connectivity index (χ3v) is 6.33. The topological polar surface area (TPSA) is 118 Å². The molecule has 150 valence electrons. The van der Waals surface area contributed by atoms with Crippen LogP contribution in [-0.2, 0) is 30.8 Å². The molecule has 0 bridgehead atoms. The van der Waals surface area contributed by atoms with Gasteiger partial charge >= 0.3 is 0 Å². The molecule has 0 fully saturated rings. The number of nitrogen functional groups attached to an aromatic ring is 1. The minimum absolute atomic E-state index is 0.0263. The number of fused-ring (bicyclic) bond motifs is 1. The maximum atomic E-state index is 12.2. The summed E-state index contributed by atoms with van der Waals surface area (Å²) in [6, 6.07) is 5.95. The predicted molar refractivity (Wildman–Crippen MR) is 114 cm³/mol. The molecular weight excluding hydrogens is 412 g/mol. The highest BCUT2D eigenvalue weighted by Crippen LogP contribution is 2.26. The number of nitrogens with zero attached hydrogens (tertiary/aromatic N) is 2. The number of thiazole rings is 1. The number of benzene rings is 1. The lowest BCUT2D eigenvalue weighted by atomic mass is 9.96. The lowest BCUT2D eigenvalue weighted by Gasteiger charge is -2.32. The first-order valence-corrected chi connectivity index (χ1v) is 10.2. The van der Waals surface area contributed by atoms with Gasteiger partial charge in [-0.3, -0.25) is 19.0 Å². The molecule has 4 rings (SSSR count). The van der Waals surface area contributed by atoms with Gasteiger partial charge in [-0.1, -0.05) is 18.2 Å². The summed E-state index contributed by atoms with van der Waals surface area (Å²) in [5.41, 5.74) is 8.02. The molecule has 0 spiro atoms. The number of rotatable bonds is 5. The van der Waals surface area contributed by atoms with Gasteiger partial charge in [0.15, 0.2) is 3.95 Å². The Balaban J connectivity index is 1.43. The van der Waals surface area contributed by atoms with Crippen molar-refractivity contribution in [2.45, 2.75) is 26.1 Å². The fourth-order valence-electron chi connectivity index (χ4n) is 3.49. The summed E-state index contributed by atoms with van der Waals surface area (Å²) in [5.74, 6) is -0.285. The summed E-state index contributed by atoms with van der Waals surface area (Å²) >= 11 is 6.28. The van der Waals surface area contributed by atoms with Crippen LogP contribution >= 0.6 is 23.6 Å². The molecule has 1 aliphatic heterocycles. The first-order chi connectivity index (χ1) is 13.8. The van der Waals surface area contributed by atoms with Crippen molar-refractivity contribution in [1.29, 1.82) is 0 Å². The average molecular weight is 431 g/mol. The standard InChI is InChI=1S/C19H18N4O4S2/c20-15-16(18(27)17(15)26)22-4-3-11-2-1-10(5-12(11)7-22)6-21-13(24)8-23-14(25)9-29-19(23)28/h1-2,5,9,25H,3-4,6-8,20H2,(H,21,24). The molecule has 4 N–H and O–H groups in total. The highest BCUT2D eigenvalue weighted by molar-refractivity contribution is 7.73. The SMILES string of the molecule is Nc1c(N2CCc3ccc(CNC(=O)Cn4c(O)csc4=S)cc3C2)c(=O)c1=O. The van der Waals surface area contributed by atoms with Crippen molar-refractivity contribution in [3.05, 3.63) is 64.7 Å². The van der Waals surface area contributed by atoms with Crippen molar-refractivity contribution in [3.8, 4) is 5.88 Å². The van der Waals surface area contributed by atoms with Crippen molar-refractivity contribution in [2.75, 3.05) is 17.2 Å². The Labute approximate surface area is 174 Å². The van der Waals surface area contributed by atoms with Gasteiger partial charge in [0.2, 0.25) is 11.8 Å². The average Bonchev–Trinajstić information content (AvgIpc) is 3.03. The summed E-state index contributed by atoms with van der Waals surface area (Å²) in [4.78, 5) is 37.2. The van der Waals surface area contributed by atoms with Crippen LogP contribution in [0.3, 0.4) is 0 Å². The van der Waals surface area contributed by atoms with Crippen molar-refractivity contribution < 1.29 is 9.90 Å². The van der Waals surface area contributed by atoms with Crippen LogP contribution in [0.4, 0.5) is 11.4 Å². The minimum atomic E-state index is -0.612. The van der Waals surface area contributed by atoms with E-state index in [4.69, 9.17) is 18.0 Å². The van der Waals surface area contributed by atoms with E-state index in [0.717, 1.165) is 17.5 Å². The Morgan fingerprint density at radius 2 is 2.07 bits per heavy atom. The summed E-state index contributed by atoms with van der Waals surface area (Å²) < 4.78 is 1.80. The van der Waals surface area contributed by atoms with Crippen LogP contribution in [0, 0.1) is 3.95 Å². The van der Waals surface area contributed by atoms with Gasteiger partial charge in [-0.05, 0) is 35.3 Å². The van der Waals surface area contributed by atoms with E-state index < -0.39 is 10.9 Å². The zero-order chi connectivity index (χ0) is 20.7.